The minimum Gasteiger partial charge on any atom is -0.311 e. The van der Waals surface area contributed by atoms with Crippen molar-refractivity contribution in [2.45, 2.75) is 203 Å². The van der Waals surface area contributed by atoms with E-state index in [0.717, 1.165) is 53.3 Å². The predicted octanol–water partition coefficient (Wildman–Crippen LogP) is 8.99. The Hall–Kier alpha value is -1.01. The van der Waals surface area contributed by atoms with E-state index in [1.807, 2.05) is 0 Å². The molecule has 9 rings (SSSR count). The van der Waals surface area contributed by atoms with Crippen LogP contribution in [0.3, 0.4) is 0 Å². The fourth-order valence-electron chi connectivity index (χ4n) is 14.7. The van der Waals surface area contributed by atoms with E-state index in [9.17, 15) is 0 Å². The van der Waals surface area contributed by atoms with Crippen LogP contribution >= 0.6 is 0 Å². The topological polar surface area (TPSA) is 61.0 Å². The number of nitrogens with one attached hydrogen (secondary N) is 4. The van der Waals surface area contributed by atoms with Crippen LogP contribution in [0.4, 0.5) is 0 Å². The molecule has 1 aromatic rings. The van der Waals surface area contributed by atoms with Crippen LogP contribution in [0.1, 0.15) is 161 Å². The molecular formula is C46H75N5. The summed E-state index contributed by atoms with van der Waals surface area (Å²) in [6.45, 7) is 7.55. The lowest BCUT2D eigenvalue weighted by Crippen LogP contribution is -2.56. The molecule has 5 aliphatic heterocycles. The second-order valence-electron chi connectivity index (χ2n) is 20.4. The average molecular weight is 698 g/mol. The number of aromatic nitrogens is 1. The van der Waals surface area contributed by atoms with Gasteiger partial charge in [-0.1, -0.05) is 59.3 Å². The first-order chi connectivity index (χ1) is 25.0. The number of rotatable bonds is 4. The van der Waals surface area contributed by atoms with Gasteiger partial charge in [-0.15, -0.1) is 0 Å². The molecule has 5 heteroatoms. The smallest absolute Gasteiger partial charge is 0.0270 e. The Labute approximate surface area is 312 Å². The van der Waals surface area contributed by atoms with Crippen molar-refractivity contribution in [2.75, 3.05) is 0 Å². The van der Waals surface area contributed by atoms with E-state index >= 15 is 0 Å². The Morgan fingerprint density at radius 3 is 0.961 bits per heavy atom. The third-order valence-electron chi connectivity index (χ3n) is 17.4. The van der Waals surface area contributed by atoms with Gasteiger partial charge in [0.05, 0.1) is 0 Å². The number of hydrogen-bond donors (Lipinski definition) is 4. The number of hydrogen-bond acceptors (Lipinski definition) is 5. The monoisotopic (exact) mass is 698 g/mol. The molecule has 284 valence electrons. The van der Waals surface area contributed by atoms with E-state index < -0.39 is 0 Å². The number of nitrogens with zero attached hydrogens (tertiary/aromatic N) is 1. The molecule has 51 heavy (non-hydrogen) atoms. The van der Waals surface area contributed by atoms with Crippen molar-refractivity contribution in [3.8, 4) is 0 Å². The molecule has 3 saturated carbocycles. The van der Waals surface area contributed by atoms with E-state index in [1.54, 1.807) is 0 Å². The molecule has 0 spiro atoms. The largest absolute Gasteiger partial charge is 0.311 e. The minimum absolute atomic E-state index is 0.529. The summed E-state index contributed by atoms with van der Waals surface area (Å²) in [5, 5.41) is 18.3. The van der Waals surface area contributed by atoms with Crippen molar-refractivity contribution in [3.05, 3.63) is 30.1 Å². The molecular weight excluding hydrogens is 623 g/mol. The van der Waals surface area contributed by atoms with E-state index in [1.165, 1.54) is 134 Å². The molecule has 4 N–H and O–H groups in total. The quantitative estimate of drug-likeness (QED) is 0.253. The van der Waals surface area contributed by atoms with E-state index in [2.05, 4.69) is 71.5 Å². The first-order valence-corrected chi connectivity index (χ1v) is 22.9. The van der Waals surface area contributed by atoms with Gasteiger partial charge in [0.2, 0.25) is 0 Å². The molecule has 1 aromatic heterocycles. The Bertz CT molecular complexity index is 1180. The van der Waals surface area contributed by atoms with Crippen molar-refractivity contribution >= 4 is 0 Å². The minimum atomic E-state index is 0.529. The molecule has 0 radical (unpaired) electrons. The molecule has 8 bridgehead atoms. The van der Waals surface area contributed by atoms with Crippen molar-refractivity contribution in [3.63, 3.8) is 0 Å². The fourth-order valence-corrected chi connectivity index (χ4v) is 14.7. The lowest BCUT2D eigenvalue weighted by atomic mass is 9.70. The molecule has 5 saturated heterocycles. The first kappa shape index (κ1) is 35.7. The van der Waals surface area contributed by atoms with Crippen molar-refractivity contribution in [1.29, 1.82) is 0 Å². The molecule has 0 aromatic carbocycles. The first-order valence-electron chi connectivity index (χ1n) is 22.9. The zero-order valence-electron chi connectivity index (χ0n) is 32.8. The summed E-state index contributed by atoms with van der Waals surface area (Å²) in [5.41, 5.74) is 1.52. The summed E-state index contributed by atoms with van der Waals surface area (Å²) in [4.78, 5) is 4.50. The van der Waals surface area contributed by atoms with Gasteiger partial charge in [0.15, 0.2) is 0 Å². The van der Waals surface area contributed by atoms with E-state index in [0.29, 0.717) is 54.3 Å². The third kappa shape index (κ3) is 7.39. The van der Waals surface area contributed by atoms with Gasteiger partial charge in [0.1, 0.15) is 0 Å². The van der Waals surface area contributed by atoms with Gasteiger partial charge in [-0.2, -0.15) is 0 Å². The summed E-state index contributed by atoms with van der Waals surface area (Å²) >= 11 is 0. The average Bonchev–Trinajstić information content (AvgIpc) is 3.99. The standard InChI is InChI=1S/C46H75N5/c1-28-4-10-31(11-5-28)43-35-16-18-37(48-35)44(32-12-6-29(2)7-13-32)39-20-22-41(50-39)46(34-24-26-47-27-25-34)42-23-21-40(51-42)45(38-19-17-36(43)49-38)33-14-8-30(3)9-15-33/h24-33,35-46,48-51H,4-23H2,1-3H3. The number of pyridine rings is 1. The van der Waals surface area contributed by atoms with Gasteiger partial charge in [0.25, 0.3) is 0 Å². The molecule has 0 amide bonds. The van der Waals surface area contributed by atoms with Crippen LogP contribution in [0.25, 0.3) is 0 Å². The van der Waals surface area contributed by atoms with Gasteiger partial charge in [0, 0.05) is 66.6 Å². The highest BCUT2D eigenvalue weighted by atomic mass is 15.1. The van der Waals surface area contributed by atoms with Crippen LogP contribution in [0.15, 0.2) is 24.5 Å². The van der Waals surface area contributed by atoms with Crippen molar-refractivity contribution in [2.24, 2.45) is 53.3 Å². The summed E-state index contributed by atoms with van der Waals surface area (Å²) < 4.78 is 0. The van der Waals surface area contributed by atoms with Crippen LogP contribution in [0.5, 0.6) is 0 Å². The molecule has 8 fully saturated rings. The molecule has 5 nitrogen and oxygen atoms in total. The zero-order chi connectivity index (χ0) is 34.5. The fraction of sp³-hybridized carbons (Fsp3) is 0.891. The van der Waals surface area contributed by atoms with Gasteiger partial charge in [-0.25, -0.2) is 0 Å². The van der Waals surface area contributed by atoms with Crippen molar-refractivity contribution < 1.29 is 0 Å². The highest BCUT2D eigenvalue weighted by molar-refractivity contribution is 5.24. The highest BCUT2D eigenvalue weighted by Crippen LogP contribution is 2.49. The van der Waals surface area contributed by atoms with Crippen LogP contribution < -0.4 is 21.3 Å². The zero-order valence-corrected chi connectivity index (χ0v) is 32.8. The summed E-state index contributed by atoms with van der Waals surface area (Å²) in [6, 6.07) is 9.93. The molecule has 3 aliphatic carbocycles. The summed E-state index contributed by atoms with van der Waals surface area (Å²) in [6.07, 6.45) is 32.6. The molecule has 10 unspecified atom stereocenters. The lowest BCUT2D eigenvalue weighted by Gasteiger charge is -2.44. The Balaban J connectivity index is 1.07. The summed E-state index contributed by atoms with van der Waals surface area (Å²) in [7, 11) is 0. The summed E-state index contributed by atoms with van der Waals surface area (Å²) in [5.74, 6) is 8.30. The van der Waals surface area contributed by atoms with Crippen LogP contribution in [-0.4, -0.2) is 53.3 Å². The maximum atomic E-state index is 4.61. The Morgan fingerprint density at radius 1 is 0.373 bits per heavy atom. The van der Waals surface area contributed by atoms with Gasteiger partial charge < -0.3 is 21.3 Å². The molecule has 6 heterocycles. The van der Waals surface area contributed by atoms with Crippen molar-refractivity contribution in [1.82, 2.24) is 26.3 Å². The second kappa shape index (κ2) is 15.6. The third-order valence-corrected chi connectivity index (χ3v) is 17.4. The van der Waals surface area contributed by atoms with E-state index in [-0.39, 0.29) is 0 Å². The van der Waals surface area contributed by atoms with Gasteiger partial charge in [-0.05, 0) is 161 Å². The van der Waals surface area contributed by atoms with Crippen LogP contribution in [0, 0.1) is 53.3 Å². The van der Waals surface area contributed by atoms with E-state index in [4.69, 9.17) is 0 Å². The Kier molecular flexibility index (Phi) is 10.9. The Morgan fingerprint density at radius 2 is 0.647 bits per heavy atom. The predicted molar refractivity (Wildman–Crippen MR) is 211 cm³/mol. The number of fused-ring (bicyclic) bond motifs is 8. The second-order valence-corrected chi connectivity index (χ2v) is 20.4. The van der Waals surface area contributed by atoms with Gasteiger partial charge in [-0.3, -0.25) is 4.98 Å². The highest BCUT2D eigenvalue weighted by Gasteiger charge is 2.51. The molecule has 8 aliphatic rings. The SMILES string of the molecule is CC1CCC(C2C3CCC(N3)C(c3ccncc3)C3CCC(N3)C(C3CCC(C)CC3)C3CCC(N3)C(C3CCC(C)CC3)C3CCC2N3)CC1. The lowest BCUT2D eigenvalue weighted by molar-refractivity contribution is 0.111. The maximum Gasteiger partial charge on any atom is 0.0270 e. The molecule has 10 atom stereocenters. The maximum absolute atomic E-state index is 4.61. The van der Waals surface area contributed by atoms with Gasteiger partial charge >= 0.3 is 0 Å². The normalized spacial score (nSPS) is 50.7. The van der Waals surface area contributed by atoms with Crippen LogP contribution in [0.2, 0.25) is 0 Å². The van der Waals surface area contributed by atoms with Crippen LogP contribution in [-0.2, 0) is 0 Å².